The maximum absolute atomic E-state index is 13.1. The Bertz CT molecular complexity index is 937. The summed E-state index contributed by atoms with van der Waals surface area (Å²) in [6.45, 7) is 8.32. The minimum atomic E-state index is -4.52. The van der Waals surface area contributed by atoms with Crippen molar-refractivity contribution in [3.05, 3.63) is 66.5 Å². The molecule has 1 N–H and O–H groups in total. The fourth-order valence-electron chi connectivity index (χ4n) is 3.17. The molecule has 3 amide bonds. The molecule has 174 valence electrons. The van der Waals surface area contributed by atoms with E-state index in [1.54, 1.807) is 4.90 Å². The summed E-state index contributed by atoms with van der Waals surface area (Å²) in [7, 11) is 1.89. The second-order valence-electron chi connectivity index (χ2n) is 7.96. The number of aryl methyl sites for hydroxylation is 1. The lowest BCUT2D eigenvalue weighted by molar-refractivity contribution is -0.137. The Labute approximate surface area is 186 Å². The summed E-state index contributed by atoms with van der Waals surface area (Å²) in [5.74, 6) is -0.0491. The fourth-order valence-corrected chi connectivity index (χ4v) is 3.17. The van der Waals surface area contributed by atoms with Crippen LogP contribution in [0.2, 0.25) is 0 Å². The monoisotopic (exact) mass is 450 g/mol. The number of halogens is 3. The number of urea groups is 1. The van der Waals surface area contributed by atoms with Crippen LogP contribution in [0.25, 0.3) is 0 Å². The van der Waals surface area contributed by atoms with Crippen molar-refractivity contribution < 1.29 is 22.8 Å². The average molecular weight is 451 g/mol. The molecule has 0 aliphatic heterocycles. The molecule has 2 rings (SSSR count). The number of alkyl halides is 3. The molecule has 0 unspecified atom stereocenters. The van der Waals surface area contributed by atoms with Crippen molar-refractivity contribution in [1.29, 1.82) is 0 Å². The Balaban J connectivity index is 2.14. The van der Waals surface area contributed by atoms with Gasteiger partial charge in [-0.25, -0.2) is 4.79 Å². The van der Waals surface area contributed by atoms with Gasteiger partial charge >= 0.3 is 12.2 Å². The van der Waals surface area contributed by atoms with Crippen LogP contribution in [0.1, 0.15) is 25.1 Å². The lowest BCUT2D eigenvalue weighted by Crippen LogP contribution is -2.45. The smallest absolute Gasteiger partial charge is 0.353 e. The number of carbonyl (C=O) groups excluding carboxylic acids is 2. The SMILES string of the molecule is C=CCN(CC(=O)N(Cc1cccn1C)CC(C)C)C(=O)Nc1cccc(C(F)(F)F)c1. The molecule has 0 aliphatic carbocycles. The van der Waals surface area contributed by atoms with E-state index in [0.717, 1.165) is 17.8 Å². The molecule has 2 aromatic rings. The Morgan fingerprint density at radius 3 is 2.47 bits per heavy atom. The molecule has 0 aliphatic rings. The first kappa shape index (κ1) is 25.0. The Kier molecular flexibility index (Phi) is 8.51. The van der Waals surface area contributed by atoms with Crippen LogP contribution in [0.5, 0.6) is 0 Å². The minimum Gasteiger partial charge on any atom is -0.353 e. The van der Waals surface area contributed by atoms with Crippen LogP contribution in [0, 0.1) is 5.92 Å². The van der Waals surface area contributed by atoms with Crippen LogP contribution in [-0.4, -0.2) is 45.9 Å². The molecule has 0 fully saturated rings. The highest BCUT2D eigenvalue weighted by Crippen LogP contribution is 2.30. The van der Waals surface area contributed by atoms with Crippen LogP contribution >= 0.6 is 0 Å². The number of amides is 3. The molecule has 0 saturated carbocycles. The van der Waals surface area contributed by atoms with E-state index in [4.69, 9.17) is 0 Å². The molecule has 0 spiro atoms. The summed E-state index contributed by atoms with van der Waals surface area (Å²) >= 11 is 0. The van der Waals surface area contributed by atoms with Crippen molar-refractivity contribution in [2.45, 2.75) is 26.6 Å². The third-order valence-corrected chi connectivity index (χ3v) is 4.75. The molecule has 0 atom stereocenters. The number of benzene rings is 1. The number of carbonyl (C=O) groups is 2. The van der Waals surface area contributed by atoms with E-state index in [1.165, 1.54) is 23.1 Å². The Morgan fingerprint density at radius 1 is 1.19 bits per heavy atom. The van der Waals surface area contributed by atoms with Crippen LogP contribution < -0.4 is 5.32 Å². The second-order valence-corrected chi connectivity index (χ2v) is 7.96. The first-order valence-corrected chi connectivity index (χ1v) is 10.2. The van der Waals surface area contributed by atoms with Crippen molar-refractivity contribution in [2.75, 3.05) is 25.0 Å². The molecule has 9 heteroatoms. The van der Waals surface area contributed by atoms with Crippen LogP contribution in [0.3, 0.4) is 0 Å². The first-order valence-electron chi connectivity index (χ1n) is 10.2. The van der Waals surface area contributed by atoms with Crippen molar-refractivity contribution in [1.82, 2.24) is 14.4 Å². The molecule has 1 heterocycles. The molecule has 0 radical (unpaired) electrons. The summed E-state index contributed by atoms with van der Waals surface area (Å²) in [4.78, 5) is 28.7. The number of hydrogen-bond acceptors (Lipinski definition) is 2. The summed E-state index contributed by atoms with van der Waals surface area (Å²) < 4.78 is 40.8. The maximum atomic E-state index is 13.1. The molecular formula is C23H29F3N4O2. The van der Waals surface area contributed by atoms with E-state index < -0.39 is 17.8 Å². The number of anilines is 1. The van der Waals surface area contributed by atoms with Gasteiger partial charge in [0.05, 0.1) is 12.1 Å². The van der Waals surface area contributed by atoms with Crippen molar-refractivity contribution in [2.24, 2.45) is 13.0 Å². The van der Waals surface area contributed by atoms with Gasteiger partial charge in [-0.1, -0.05) is 26.0 Å². The van der Waals surface area contributed by atoms with Gasteiger partial charge in [0.25, 0.3) is 0 Å². The Hall–Kier alpha value is -3.23. The third kappa shape index (κ3) is 7.18. The predicted molar refractivity (Wildman–Crippen MR) is 118 cm³/mol. The maximum Gasteiger partial charge on any atom is 0.416 e. The molecule has 32 heavy (non-hydrogen) atoms. The van der Waals surface area contributed by atoms with Gasteiger partial charge < -0.3 is 19.7 Å². The lowest BCUT2D eigenvalue weighted by Gasteiger charge is -2.28. The predicted octanol–water partition coefficient (Wildman–Crippen LogP) is 4.75. The minimum absolute atomic E-state index is 0.00539. The highest BCUT2D eigenvalue weighted by Gasteiger charge is 2.30. The fraction of sp³-hybridized carbons (Fsp3) is 0.391. The van der Waals surface area contributed by atoms with Gasteiger partial charge in [0, 0.05) is 37.7 Å². The number of rotatable bonds is 9. The molecular weight excluding hydrogens is 421 g/mol. The number of nitrogens with zero attached hydrogens (tertiary/aromatic N) is 3. The van der Waals surface area contributed by atoms with Gasteiger partial charge in [0.2, 0.25) is 5.91 Å². The number of nitrogens with one attached hydrogen (secondary N) is 1. The van der Waals surface area contributed by atoms with Gasteiger partial charge in [0.15, 0.2) is 0 Å². The van der Waals surface area contributed by atoms with E-state index in [-0.39, 0.29) is 30.6 Å². The zero-order valence-electron chi connectivity index (χ0n) is 18.5. The number of aromatic nitrogens is 1. The van der Waals surface area contributed by atoms with Crippen LogP contribution in [0.15, 0.2) is 55.3 Å². The molecule has 1 aromatic carbocycles. The first-order chi connectivity index (χ1) is 15.0. The summed E-state index contributed by atoms with van der Waals surface area (Å²) in [6.07, 6.45) is -1.17. The standard InChI is InChI=1S/C23H29F3N4O2/c1-5-11-29(22(32)27-19-9-6-8-18(13-19)23(24,25)26)16-21(31)30(14-17(2)3)15-20-10-7-12-28(20)4/h5-10,12-13,17H,1,11,14-16H2,2-4H3,(H,27,32). The molecule has 0 bridgehead atoms. The van der Waals surface area contributed by atoms with E-state index in [2.05, 4.69) is 11.9 Å². The van der Waals surface area contributed by atoms with Crippen LogP contribution in [-0.2, 0) is 24.6 Å². The second kappa shape index (κ2) is 10.9. The summed E-state index contributed by atoms with van der Waals surface area (Å²) in [5, 5.41) is 2.44. The lowest BCUT2D eigenvalue weighted by atomic mass is 10.2. The largest absolute Gasteiger partial charge is 0.416 e. The van der Waals surface area contributed by atoms with E-state index in [1.807, 2.05) is 43.8 Å². The molecule has 6 nitrogen and oxygen atoms in total. The number of hydrogen-bond donors (Lipinski definition) is 1. The molecule has 0 saturated heterocycles. The zero-order valence-corrected chi connectivity index (χ0v) is 18.5. The van der Waals surface area contributed by atoms with E-state index in [0.29, 0.717) is 13.1 Å². The van der Waals surface area contributed by atoms with Gasteiger partial charge in [-0.05, 0) is 36.2 Å². The van der Waals surface area contributed by atoms with Crippen molar-refractivity contribution >= 4 is 17.6 Å². The van der Waals surface area contributed by atoms with E-state index in [9.17, 15) is 22.8 Å². The van der Waals surface area contributed by atoms with Gasteiger partial charge in [0.1, 0.15) is 6.54 Å². The molecule has 1 aromatic heterocycles. The third-order valence-electron chi connectivity index (χ3n) is 4.75. The summed E-state index contributed by atoms with van der Waals surface area (Å²) in [5.41, 5.74) is 0.0733. The topological polar surface area (TPSA) is 57.6 Å². The van der Waals surface area contributed by atoms with Crippen molar-refractivity contribution in [3.63, 3.8) is 0 Å². The van der Waals surface area contributed by atoms with Crippen molar-refractivity contribution in [3.8, 4) is 0 Å². The summed E-state index contributed by atoms with van der Waals surface area (Å²) in [6, 6.07) is 7.48. The van der Waals surface area contributed by atoms with Gasteiger partial charge in [-0.15, -0.1) is 6.58 Å². The quantitative estimate of drug-likeness (QED) is 0.561. The normalized spacial score (nSPS) is 11.3. The van der Waals surface area contributed by atoms with E-state index >= 15 is 0 Å². The average Bonchev–Trinajstić information content (AvgIpc) is 3.10. The highest BCUT2D eigenvalue weighted by atomic mass is 19.4. The van der Waals surface area contributed by atoms with Gasteiger partial charge in [-0.2, -0.15) is 13.2 Å². The Morgan fingerprint density at radius 2 is 1.91 bits per heavy atom. The highest BCUT2D eigenvalue weighted by molar-refractivity contribution is 5.92. The zero-order chi connectivity index (χ0) is 23.9. The van der Waals surface area contributed by atoms with Gasteiger partial charge in [-0.3, -0.25) is 4.79 Å². The van der Waals surface area contributed by atoms with Crippen LogP contribution in [0.4, 0.5) is 23.7 Å².